The number of unbranched alkanes of at least 4 members (excludes halogenated alkanes) is 7. The number of rotatable bonds is 19. The molecular formula is C46H88NO3Si2. The number of carbonyl (C=O) groups excluding carboxylic acids is 1. The van der Waals surface area contributed by atoms with Gasteiger partial charge in [-0.25, -0.2) is 0 Å². The average molecular weight is 759 g/mol. The van der Waals surface area contributed by atoms with Crippen LogP contribution in [-0.2, 0) is 13.6 Å². The normalized spacial score (nSPS) is 26.9. The number of allylic oxidation sites excluding steroid dienone is 2. The zero-order chi connectivity index (χ0) is 39.1. The topological polar surface area (TPSA) is 38.8 Å². The summed E-state index contributed by atoms with van der Waals surface area (Å²) in [5, 5.41) is 0.426. The molecule has 0 aliphatic heterocycles. The molecule has 4 nitrogen and oxygen atoms in total. The highest BCUT2D eigenvalue weighted by molar-refractivity contribution is 6.74. The summed E-state index contributed by atoms with van der Waals surface area (Å²) in [6, 6.07) is 0. The van der Waals surface area contributed by atoms with Gasteiger partial charge in [-0.3, -0.25) is 4.79 Å². The molecule has 52 heavy (non-hydrogen) atoms. The van der Waals surface area contributed by atoms with E-state index in [0.717, 1.165) is 31.8 Å². The summed E-state index contributed by atoms with van der Waals surface area (Å²) in [7, 11) is -2.80. The molecular weight excluding hydrogens is 671 g/mol. The number of nitrogens with zero attached hydrogens (tertiary/aromatic N) is 1. The Bertz CT molecular complexity index is 1150. The highest BCUT2D eigenvalue weighted by Crippen LogP contribution is 2.65. The summed E-state index contributed by atoms with van der Waals surface area (Å²) >= 11 is 0. The van der Waals surface area contributed by atoms with E-state index in [-0.39, 0.29) is 15.5 Å². The van der Waals surface area contributed by atoms with Gasteiger partial charge in [-0.05, 0) is 116 Å². The monoisotopic (exact) mass is 759 g/mol. The smallest absolute Gasteiger partial charge is 0.222 e. The highest BCUT2D eigenvalue weighted by atomic mass is 28.4. The first-order valence-corrected chi connectivity index (χ1v) is 26.6. The lowest BCUT2D eigenvalue weighted by Crippen LogP contribution is -2.58. The molecule has 0 heterocycles. The van der Waals surface area contributed by atoms with Crippen molar-refractivity contribution in [3.63, 3.8) is 0 Å². The van der Waals surface area contributed by atoms with E-state index in [1.807, 2.05) is 0 Å². The first-order valence-electron chi connectivity index (χ1n) is 22.2. The molecule has 0 saturated heterocycles. The van der Waals surface area contributed by atoms with Crippen LogP contribution in [0, 0.1) is 28.6 Å². The number of hydrogen-bond acceptors (Lipinski definition) is 3. The van der Waals surface area contributed by atoms with Gasteiger partial charge in [-0.1, -0.05) is 139 Å². The molecule has 3 unspecified atom stereocenters. The summed E-state index contributed by atoms with van der Waals surface area (Å²) in [6.07, 6.45) is 19.9. The van der Waals surface area contributed by atoms with E-state index < -0.39 is 17.4 Å². The third-order valence-corrected chi connectivity index (χ3v) is 22.4. The fraction of sp³-hybridized carbons (Fsp3) is 0.935. The molecule has 0 N–H and O–H groups in total. The van der Waals surface area contributed by atoms with Crippen molar-refractivity contribution in [3.05, 3.63) is 11.1 Å². The number of fused-ring (bicyclic) bond motifs is 3. The molecule has 3 rings (SSSR count). The van der Waals surface area contributed by atoms with Crippen molar-refractivity contribution < 1.29 is 13.6 Å². The van der Waals surface area contributed by atoms with Crippen molar-refractivity contribution in [1.29, 1.82) is 0 Å². The van der Waals surface area contributed by atoms with Crippen molar-refractivity contribution in [2.75, 3.05) is 19.7 Å². The third-order valence-electron chi connectivity index (χ3n) is 14.8. The lowest BCUT2D eigenvalue weighted by molar-refractivity contribution is -0.144. The van der Waals surface area contributed by atoms with Crippen LogP contribution in [0.5, 0.6) is 0 Å². The molecule has 0 bridgehead atoms. The second-order valence-electron chi connectivity index (χ2n) is 21.4. The molecule has 1 radical (unpaired) electrons. The maximum absolute atomic E-state index is 14.1. The summed E-state index contributed by atoms with van der Waals surface area (Å²) in [5.74, 6) is 2.41. The molecule has 2 fully saturated rings. The Kier molecular flexibility index (Phi) is 16.9. The summed E-state index contributed by atoms with van der Waals surface area (Å²) in [5.41, 5.74) is 4.39. The molecule has 2 saturated carbocycles. The summed E-state index contributed by atoms with van der Waals surface area (Å²) < 4.78 is 13.9. The fourth-order valence-corrected chi connectivity index (χ4v) is 14.9. The summed E-state index contributed by atoms with van der Waals surface area (Å²) in [6.45, 7) is 38.3. The van der Waals surface area contributed by atoms with Crippen LogP contribution < -0.4 is 0 Å². The van der Waals surface area contributed by atoms with E-state index in [2.05, 4.69) is 108 Å². The Morgan fingerprint density at radius 1 is 0.904 bits per heavy atom. The average Bonchev–Trinajstić information content (AvgIpc) is 3.02. The predicted octanol–water partition coefficient (Wildman–Crippen LogP) is 13.9. The second kappa shape index (κ2) is 19.1. The van der Waals surface area contributed by atoms with Crippen molar-refractivity contribution in [3.8, 4) is 0 Å². The molecule has 3 aliphatic rings. The largest absolute Gasteiger partial charge is 0.415 e. The number of amides is 1. The molecule has 3 aliphatic carbocycles. The van der Waals surface area contributed by atoms with Crippen molar-refractivity contribution in [1.82, 2.24) is 4.90 Å². The lowest BCUT2D eigenvalue weighted by Gasteiger charge is -2.63. The SMILES string of the molecule is CCCCCCCCCCN(CCO[Si](C)(C)C(C)(C)C)C(=O)CCC1=C(C)CCC2C1CCC1C(C)(C)[C@@H](O[Si](C(C)C)C(C)(C)C)CC[C@]21C. The van der Waals surface area contributed by atoms with Gasteiger partial charge >= 0.3 is 0 Å². The van der Waals surface area contributed by atoms with Crippen LogP contribution in [0.15, 0.2) is 11.1 Å². The van der Waals surface area contributed by atoms with E-state index in [1.54, 1.807) is 11.1 Å². The molecule has 303 valence electrons. The van der Waals surface area contributed by atoms with Gasteiger partial charge in [0, 0.05) is 19.5 Å². The molecule has 0 aromatic rings. The van der Waals surface area contributed by atoms with Crippen LogP contribution in [0.1, 0.15) is 193 Å². The molecule has 0 aromatic carbocycles. The molecule has 5 atom stereocenters. The molecule has 6 heteroatoms. The Hall–Kier alpha value is -0.436. The Morgan fingerprint density at radius 3 is 2.10 bits per heavy atom. The minimum absolute atomic E-state index is 0.183. The third kappa shape index (κ3) is 11.6. The zero-order valence-electron chi connectivity index (χ0n) is 37.5. The van der Waals surface area contributed by atoms with Crippen LogP contribution in [0.3, 0.4) is 0 Å². The van der Waals surface area contributed by atoms with Crippen LogP contribution in [-0.4, -0.2) is 54.0 Å². The maximum atomic E-state index is 14.1. The first kappa shape index (κ1) is 45.9. The maximum Gasteiger partial charge on any atom is 0.222 e. The van der Waals surface area contributed by atoms with Gasteiger partial charge < -0.3 is 13.8 Å². The van der Waals surface area contributed by atoms with Gasteiger partial charge in [0.25, 0.3) is 0 Å². The predicted molar refractivity (Wildman–Crippen MR) is 230 cm³/mol. The van der Waals surface area contributed by atoms with E-state index in [9.17, 15) is 4.79 Å². The van der Waals surface area contributed by atoms with E-state index in [4.69, 9.17) is 8.85 Å². The second-order valence-corrected chi connectivity index (χ2v) is 29.8. The summed E-state index contributed by atoms with van der Waals surface area (Å²) in [4.78, 5) is 16.3. The molecule has 1 amide bonds. The quantitative estimate of drug-likeness (QED) is 0.0748. The van der Waals surface area contributed by atoms with Gasteiger partial charge in [0.1, 0.15) is 0 Å². The fourth-order valence-electron chi connectivity index (χ4n) is 10.8. The highest BCUT2D eigenvalue weighted by Gasteiger charge is 2.59. The number of carbonyl (C=O) groups is 1. The standard InChI is InChI=1S/C46H88NO3Si2/c1-16-17-18-19-20-21-22-23-32-47(33-34-49-52(14,15)44(8,9)10)42(48)29-26-37-36(4)24-27-39-38(37)25-28-40-45(11,12)41(30-31-46(39,40)13)50-51(35(2)3)43(5,6)7/h35,38-41H,16-34H2,1-15H3/t38?,39?,40?,41-,46+/m0/s1. The lowest BCUT2D eigenvalue weighted by atomic mass is 9.43. The minimum Gasteiger partial charge on any atom is -0.415 e. The van der Waals surface area contributed by atoms with Crippen LogP contribution in [0.25, 0.3) is 0 Å². The number of hydrogen-bond donors (Lipinski definition) is 0. The Balaban J connectivity index is 1.68. The van der Waals surface area contributed by atoms with Gasteiger partial charge in [0.2, 0.25) is 14.9 Å². The van der Waals surface area contributed by atoms with Gasteiger partial charge in [0.05, 0.1) is 12.7 Å². The van der Waals surface area contributed by atoms with E-state index in [1.165, 1.54) is 83.5 Å². The van der Waals surface area contributed by atoms with Crippen molar-refractivity contribution >= 4 is 23.3 Å². The zero-order valence-corrected chi connectivity index (χ0v) is 39.5. The van der Waals surface area contributed by atoms with E-state index in [0.29, 0.717) is 47.8 Å². The van der Waals surface area contributed by atoms with Crippen molar-refractivity contribution in [2.45, 2.75) is 228 Å². The molecule has 0 aromatic heterocycles. The van der Waals surface area contributed by atoms with Gasteiger partial charge in [-0.2, -0.15) is 0 Å². The Labute approximate surface area is 327 Å². The Morgan fingerprint density at radius 2 is 1.52 bits per heavy atom. The van der Waals surface area contributed by atoms with Gasteiger partial charge in [-0.15, -0.1) is 0 Å². The van der Waals surface area contributed by atoms with Crippen LogP contribution in [0.2, 0.25) is 28.7 Å². The van der Waals surface area contributed by atoms with Crippen LogP contribution in [0.4, 0.5) is 0 Å². The van der Waals surface area contributed by atoms with Crippen LogP contribution >= 0.6 is 0 Å². The molecule has 0 spiro atoms. The van der Waals surface area contributed by atoms with Crippen molar-refractivity contribution in [2.24, 2.45) is 28.6 Å². The minimum atomic E-state index is -1.85. The van der Waals surface area contributed by atoms with Gasteiger partial charge in [0.15, 0.2) is 8.32 Å². The van der Waals surface area contributed by atoms with E-state index >= 15 is 0 Å². The first-order chi connectivity index (χ1) is 24.1.